The normalized spacial score (nSPS) is 16.9. The summed E-state index contributed by atoms with van der Waals surface area (Å²) in [5, 5.41) is 0. The molecule has 7 heteroatoms. The van der Waals surface area contributed by atoms with Gasteiger partial charge >= 0.3 is 8.97 Å². The number of hydrogen-bond acceptors (Lipinski definition) is 5. The number of hydrogen-bond donors (Lipinski definition) is 0. The number of rotatable bonds is 4. The van der Waals surface area contributed by atoms with Crippen LogP contribution in [-0.2, 0) is 22.9 Å². The standard InChI is InChI=1S/C7H11NO5Si/c1-11-14(12-2,13-3)8-6(9)4-5-7(8)10/h4-5H,1-3H3. The summed E-state index contributed by atoms with van der Waals surface area (Å²) in [4.78, 5) is 22.6. The molecule has 0 saturated carbocycles. The monoisotopic (exact) mass is 217 g/mol. The molecule has 0 aliphatic carbocycles. The lowest BCUT2D eigenvalue weighted by Crippen LogP contribution is -2.61. The van der Waals surface area contributed by atoms with E-state index in [1.54, 1.807) is 0 Å². The number of imide groups is 1. The topological polar surface area (TPSA) is 65.1 Å². The van der Waals surface area contributed by atoms with E-state index in [1.165, 1.54) is 21.3 Å². The molecule has 0 unspecified atom stereocenters. The van der Waals surface area contributed by atoms with Crippen LogP contribution in [0, 0.1) is 0 Å². The highest BCUT2D eigenvalue weighted by molar-refractivity contribution is 6.65. The number of amides is 2. The molecule has 14 heavy (non-hydrogen) atoms. The predicted molar refractivity (Wildman–Crippen MR) is 47.8 cm³/mol. The summed E-state index contributed by atoms with van der Waals surface area (Å²) in [7, 11) is 0.656. The van der Waals surface area contributed by atoms with E-state index in [0.29, 0.717) is 0 Å². The lowest BCUT2D eigenvalue weighted by molar-refractivity contribution is -0.136. The summed E-state index contributed by atoms with van der Waals surface area (Å²) >= 11 is 0. The molecule has 0 aromatic rings. The first-order valence-corrected chi connectivity index (χ1v) is 5.50. The van der Waals surface area contributed by atoms with Gasteiger partial charge in [0.25, 0.3) is 11.8 Å². The van der Waals surface area contributed by atoms with Crippen molar-refractivity contribution >= 4 is 20.8 Å². The lowest BCUT2D eigenvalue weighted by Gasteiger charge is -2.30. The minimum atomic E-state index is -3.34. The fourth-order valence-corrected chi connectivity index (χ4v) is 2.93. The third-order valence-corrected chi connectivity index (χ3v) is 4.39. The van der Waals surface area contributed by atoms with Crippen LogP contribution in [0.3, 0.4) is 0 Å². The van der Waals surface area contributed by atoms with E-state index in [-0.39, 0.29) is 0 Å². The summed E-state index contributed by atoms with van der Waals surface area (Å²) in [6.07, 6.45) is 2.31. The van der Waals surface area contributed by atoms with Crippen molar-refractivity contribution in [3.8, 4) is 0 Å². The van der Waals surface area contributed by atoms with Gasteiger partial charge < -0.3 is 13.3 Å². The van der Waals surface area contributed by atoms with Crippen LogP contribution >= 0.6 is 0 Å². The average molecular weight is 217 g/mol. The van der Waals surface area contributed by atoms with Gasteiger partial charge in [-0.3, -0.25) is 9.59 Å². The molecule has 6 nitrogen and oxygen atoms in total. The SMILES string of the molecule is CO[Si](OC)(OC)N1C(=O)C=CC1=O. The molecule has 0 aromatic heterocycles. The molecule has 0 saturated heterocycles. The van der Waals surface area contributed by atoms with Gasteiger partial charge in [0.05, 0.1) is 0 Å². The van der Waals surface area contributed by atoms with Gasteiger partial charge in [-0.15, -0.1) is 0 Å². The van der Waals surface area contributed by atoms with E-state index in [0.717, 1.165) is 16.7 Å². The minimum Gasteiger partial charge on any atom is -0.359 e. The Morgan fingerprint density at radius 2 is 1.36 bits per heavy atom. The molecule has 0 bridgehead atoms. The molecule has 0 N–H and O–H groups in total. The van der Waals surface area contributed by atoms with Crippen molar-refractivity contribution < 1.29 is 22.9 Å². The van der Waals surface area contributed by atoms with Gasteiger partial charge in [0.2, 0.25) is 0 Å². The highest BCUT2D eigenvalue weighted by Gasteiger charge is 2.54. The van der Waals surface area contributed by atoms with Crippen molar-refractivity contribution in [1.29, 1.82) is 0 Å². The Bertz CT molecular complexity index is 260. The van der Waals surface area contributed by atoms with E-state index < -0.39 is 20.8 Å². The second-order valence-electron chi connectivity index (χ2n) is 2.48. The van der Waals surface area contributed by atoms with Crippen LogP contribution in [0.2, 0.25) is 0 Å². The van der Waals surface area contributed by atoms with Crippen molar-refractivity contribution in [3.63, 3.8) is 0 Å². The zero-order valence-corrected chi connectivity index (χ0v) is 9.14. The molecular formula is C7H11NO5Si. The highest BCUT2D eigenvalue weighted by Crippen LogP contribution is 2.17. The Hall–Kier alpha value is -1.02. The lowest BCUT2D eigenvalue weighted by atomic mass is 10.6. The zero-order chi connectivity index (χ0) is 10.8. The van der Waals surface area contributed by atoms with Crippen molar-refractivity contribution in [2.45, 2.75) is 0 Å². The molecule has 0 radical (unpaired) electrons. The molecule has 1 rings (SSSR count). The molecule has 0 spiro atoms. The second kappa shape index (κ2) is 4.01. The van der Waals surface area contributed by atoms with Crippen LogP contribution in [-0.4, -0.2) is 46.7 Å². The van der Waals surface area contributed by atoms with E-state index >= 15 is 0 Å². The van der Waals surface area contributed by atoms with Gasteiger partial charge in [0.1, 0.15) is 0 Å². The summed E-state index contributed by atoms with van der Waals surface area (Å²) in [6, 6.07) is 0. The van der Waals surface area contributed by atoms with Crippen LogP contribution in [0.5, 0.6) is 0 Å². The molecule has 1 heterocycles. The highest BCUT2D eigenvalue weighted by atomic mass is 28.4. The van der Waals surface area contributed by atoms with Gasteiger partial charge in [0.15, 0.2) is 0 Å². The van der Waals surface area contributed by atoms with Crippen LogP contribution < -0.4 is 0 Å². The van der Waals surface area contributed by atoms with Crippen LogP contribution in [0.1, 0.15) is 0 Å². The van der Waals surface area contributed by atoms with E-state index in [2.05, 4.69) is 0 Å². The first-order valence-electron chi connectivity index (χ1n) is 3.83. The Balaban J connectivity index is 3.00. The summed E-state index contributed by atoms with van der Waals surface area (Å²) in [6.45, 7) is 0. The first-order chi connectivity index (χ1) is 6.61. The maximum atomic E-state index is 11.3. The maximum absolute atomic E-state index is 11.3. The smallest absolute Gasteiger partial charge is 0.359 e. The maximum Gasteiger partial charge on any atom is 0.642 e. The van der Waals surface area contributed by atoms with Crippen molar-refractivity contribution in [1.82, 2.24) is 4.57 Å². The van der Waals surface area contributed by atoms with Gasteiger partial charge in [-0.1, -0.05) is 0 Å². The number of carbonyl (C=O) groups excluding carboxylic acids is 2. The molecule has 1 aliphatic heterocycles. The fraction of sp³-hybridized carbons (Fsp3) is 0.429. The molecule has 0 atom stereocenters. The van der Waals surface area contributed by atoms with E-state index in [1.807, 2.05) is 0 Å². The van der Waals surface area contributed by atoms with E-state index in [9.17, 15) is 9.59 Å². The van der Waals surface area contributed by atoms with Gasteiger partial charge in [-0.05, 0) is 0 Å². The van der Waals surface area contributed by atoms with Crippen molar-refractivity contribution in [3.05, 3.63) is 12.2 Å². The summed E-state index contributed by atoms with van der Waals surface area (Å²) in [5.41, 5.74) is 0. The van der Waals surface area contributed by atoms with Crippen molar-refractivity contribution in [2.75, 3.05) is 21.3 Å². The van der Waals surface area contributed by atoms with Gasteiger partial charge in [-0.2, -0.15) is 0 Å². The minimum absolute atomic E-state index is 0.479. The first kappa shape index (κ1) is 11.1. The van der Waals surface area contributed by atoms with Crippen molar-refractivity contribution in [2.24, 2.45) is 0 Å². The Labute approximate surface area is 82.5 Å². The second-order valence-corrected chi connectivity index (χ2v) is 5.20. The molecule has 1 aliphatic rings. The number of carbonyl (C=O) groups is 2. The Kier molecular flexibility index (Phi) is 3.16. The van der Waals surface area contributed by atoms with E-state index in [4.69, 9.17) is 13.3 Å². The quantitative estimate of drug-likeness (QED) is 0.459. The average Bonchev–Trinajstić information content (AvgIpc) is 2.53. The summed E-state index contributed by atoms with van der Waals surface area (Å²) < 4.78 is 15.9. The Morgan fingerprint density at radius 1 is 1.00 bits per heavy atom. The zero-order valence-electron chi connectivity index (χ0n) is 8.14. The Morgan fingerprint density at radius 3 is 1.64 bits per heavy atom. The molecular weight excluding hydrogens is 206 g/mol. The van der Waals surface area contributed by atoms with Gasteiger partial charge in [0, 0.05) is 33.5 Å². The van der Waals surface area contributed by atoms with Crippen LogP contribution in [0.15, 0.2) is 12.2 Å². The number of nitrogens with zero attached hydrogens (tertiary/aromatic N) is 1. The predicted octanol–water partition coefficient (Wildman–Crippen LogP) is -0.714. The third kappa shape index (κ3) is 1.50. The molecule has 0 aromatic carbocycles. The third-order valence-electron chi connectivity index (χ3n) is 1.86. The molecule has 0 fully saturated rings. The van der Waals surface area contributed by atoms with Gasteiger partial charge in [-0.25, -0.2) is 4.57 Å². The molecule has 2 amide bonds. The van der Waals surface area contributed by atoms with Crippen LogP contribution in [0.25, 0.3) is 0 Å². The summed E-state index contributed by atoms with van der Waals surface area (Å²) in [5.74, 6) is -0.959. The van der Waals surface area contributed by atoms with Crippen LogP contribution in [0.4, 0.5) is 0 Å². The largest absolute Gasteiger partial charge is 0.642 e. The fourth-order valence-electron chi connectivity index (χ4n) is 1.19. The molecule has 78 valence electrons.